The molecule has 0 bridgehead atoms. The summed E-state index contributed by atoms with van der Waals surface area (Å²) in [5.41, 5.74) is 5.95. The van der Waals surface area contributed by atoms with E-state index in [1.165, 1.54) is 0 Å². The van der Waals surface area contributed by atoms with E-state index >= 15 is 0 Å². The lowest BCUT2D eigenvalue weighted by Gasteiger charge is -2.46. The molecule has 0 aromatic heterocycles. The summed E-state index contributed by atoms with van der Waals surface area (Å²) >= 11 is 0. The normalized spacial score (nSPS) is 39.6. The number of carbonyl (C=O) groups is 1. The highest BCUT2D eigenvalue weighted by Crippen LogP contribution is 2.38. The van der Waals surface area contributed by atoms with Gasteiger partial charge in [0.05, 0.1) is 48.6 Å². The predicted molar refractivity (Wildman–Crippen MR) is 132 cm³/mol. The van der Waals surface area contributed by atoms with Crippen molar-refractivity contribution in [2.75, 3.05) is 0 Å². The van der Waals surface area contributed by atoms with Crippen LogP contribution in [0.1, 0.15) is 67.2 Å². The van der Waals surface area contributed by atoms with Gasteiger partial charge in [0.25, 0.3) is 0 Å². The quantitative estimate of drug-likeness (QED) is 0.213. The van der Waals surface area contributed by atoms with E-state index in [-0.39, 0.29) is 43.3 Å². The van der Waals surface area contributed by atoms with Gasteiger partial charge in [-0.3, -0.25) is 4.79 Å². The Bertz CT molecular complexity index is 732. The van der Waals surface area contributed by atoms with Crippen LogP contribution in [0.3, 0.4) is 0 Å². The maximum atomic E-state index is 12.8. The number of rotatable bonds is 11. The second-order valence-corrected chi connectivity index (χ2v) is 11.0. The Kier molecular flexibility index (Phi) is 11.5. The van der Waals surface area contributed by atoms with Crippen molar-refractivity contribution in [3.63, 3.8) is 0 Å². The minimum Gasteiger partial charge on any atom is -0.393 e. The molecule has 0 radical (unpaired) electrons. The number of aliphatic hydroxyl groups is 5. The highest BCUT2D eigenvalue weighted by atomic mass is 16.7. The number of carbonyl (C=O) groups excluding carboxylic acids is 1. The first kappa shape index (κ1) is 31.3. The third kappa shape index (κ3) is 8.02. The number of Topliss-reactive ketones (excluding diaryl/α,β-unsaturated/α-hetero) is 1. The average Bonchev–Trinajstić information content (AvgIpc) is 2.78. The fourth-order valence-corrected chi connectivity index (χ4v) is 4.76. The molecule has 0 aliphatic carbocycles. The molecule has 0 aromatic carbocycles. The minimum absolute atomic E-state index is 0.0650. The number of ether oxygens (including phenoxy) is 3. The van der Waals surface area contributed by atoms with Gasteiger partial charge in [0.15, 0.2) is 12.1 Å². The second-order valence-electron chi connectivity index (χ2n) is 11.0. The molecule has 7 N–H and O–H groups in total. The Morgan fingerprint density at radius 2 is 1.81 bits per heavy atom. The molecular formula is C26H47NO9. The first-order valence-corrected chi connectivity index (χ1v) is 13.1. The van der Waals surface area contributed by atoms with Gasteiger partial charge in [0.1, 0.15) is 11.9 Å². The van der Waals surface area contributed by atoms with Gasteiger partial charge in [-0.15, -0.1) is 0 Å². The SMILES string of the molecule is CCC(=O)[C@H]1C(C[C@H](/C=C/C(C)C)OC2OC(C)C(O)C(N)C2O)O[C@](O)(C[C@@H](O)C(C)C)C[C@@H]1O. The number of ketones is 1. The number of hydrogen-bond donors (Lipinski definition) is 6. The van der Waals surface area contributed by atoms with Gasteiger partial charge < -0.3 is 45.5 Å². The number of hydrogen-bond acceptors (Lipinski definition) is 10. The highest BCUT2D eigenvalue weighted by Gasteiger charge is 2.50. The van der Waals surface area contributed by atoms with Gasteiger partial charge in [-0.25, -0.2) is 0 Å². The molecule has 10 nitrogen and oxygen atoms in total. The third-order valence-corrected chi connectivity index (χ3v) is 7.11. The van der Waals surface area contributed by atoms with Crippen molar-refractivity contribution in [1.82, 2.24) is 0 Å². The van der Waals surface area contributed by atoms with Gasteiger partial charge in [-0.05, 0) is 18.8 Å². The molecule has 0 saturated carbocycles. The standard InChI is InChI=1S/C26H47NO9/c1-7-17(28)21-19(30)12-26(33,11-18(29)14(4)5)36-20(21)10-16(9-8-13(2)3)35-25-24(32)22(27)23(31)15(6)34-25/h8-9,13-16,18-25,29-33H,7,10-12,27H2,1-6H3/b9-8+/t15?,16-,18+,19-,20?,21+,22?,23?,24?,25?,26+/m0/s1. The smallest absolute Gasteiger partial charge is 0.186 e. The Labute approximate surface area is 214 Å². The van der Waals surface area contributed by atoms with E-state index in [1.807, 2.05) is 33.8 Å². The monoisotopic (exact) mass is 517 g/mol. The van der Waals surface area contributed by atoms with Crippen LogP contribution in [0, 0.1) is 17.8 Å². The van der Waals surface area contributed by atoms with Crippen LogP contribution in [0.15, 0.2) is 12.2 Å². The molecule has 0 spiro atoms. The lowest BCUT2D eigenvalue weighted by molar-refractivity contribution is -0.307. The predicted octanol–water partition coefficient (Wildman–Crippen LogP) is 0.609. The first-order valence-electron chi connectivity index (χ1n) is 13.1. The lowest BCUT2D eigenvalue weighted by atomic mass is 9.79. The molecular weight excluding hydrogens is 470 g/mol. The van der Waals surface area contributed by atoms with Crippen LogP contribution >= 0.6 is 0 Å². The summed E-state index contributed by atoms with van der Waals surface area (Å²) in [6.07, 6.45) is -4.29. The molecule has 2 aliphatic rings. The fraction of sp³-hybridized carbons (Fsp3) is 0.885. The zero-order chi connectivity index (χ0) is 27.4. The Morgan fingerprint density at radius 3 is 2.36 bits per heavy atom. The van der Waals surface area contributed by atoms with Gasteiger partial charge >= 0.3 is 0 Å². The zero-order valence-electron chi connectivity index (χ0n) is 22.4. The van der Waals surface area contributed by atoms with E-state index in [0.717, 1.165) is 0 Å². The highest BCUT2D eigenvalue weighted by molar-refractivity contribution is 5.82. The lowest BCUT2D eigenvalue weighted by Crippen LogP contribution is -2.61. The molecule has 2 fully saturated rings. The molecule has 2 aliphatic heterocycles. The molecule has 11 atom stereocenters. The van der Waals surface area contributed by atoms with Crippen LogP contribution in [-0.2, 0) is 19.0 Å². The summed E-state index contributed by atoms with van der Waals surface area (Å²) in [6, 6.07) is -0.974. The minimum atomic E-state index is -1.83. The Morgan fingerprint density at radius 1 is 1.17 bits per heavy atom. The largest absolute Gasteiger partial charge is 0.393 e. The molecule has 2 saturated heterocycles. The summed E-state index contributed by atoms with van der Waals surface area (Å²) < 4.78 is 17.8. The number of allylic oxidation sites excluding steroid dienone is 1. The Hall–Kier alpha value is -0.950. The number of aliphatic hydroxyl groups excluding tert-OH is 4. The summed E-state index contributed by atoms with van der Waals surface area (Å²) in [4.78, 5) is 12.8. The van der Waals surface area contributed by atoms with Crippen molar-refractivity contribution in [2.24, 2.45) is 23.5 Å². The van der Waals surface area contributed by atoms with E-state index < -0.39 is 66.8 Å². The topological polar surface area (TPSA) is 172 Å². The molecule has 2 heterocycles. The van der Waals surface area contributed by atoms with Crippen LogP contribution in [0.4, 0.5) is 0 Å². The molecule has 10 heteroatoms. The summed E-state index contributed by atoms with van der Waals surface area (Å²) in [7, 11) is 0. The fourth-order valence-electron chi connectivity index (χ4n) is 4.76. The molecule has 0 amide bonds. The maximum Gasteiger partial charge on any atom is 0.186 e. The van der Waals surface area contributed by atoms with Gasteiger partial charge in [-0.2, -0.15) is 0 Å². The third-order valence-electron chi connectivity index (χ3n) is 7.11. The first-order chi connectivity index (χ1) is 16.7. The van der Waals surface area contributed by atoms with Crippen molar-refractivity contribution in [1.29, 1.82) is 0 Å². The zero-order valence-corrected chi connectivity index (χ0v) is 22.4. The maximum absolute atomic E-state index is 12.8. The molecule has 36 heavy (non-hydrogen) atoms. The summed E-state index contributed by atoms with van der Waals surface area (Å²) in [5, 5.41) is 53.1. The number of nitrogens with two attached hydrogens (primary N) is 1. The van der Waals surface area contributed by atoms with Crippen LogP contribution in [0.5, 0.6) is 0 Å². The van der Waals surface area contributed by atoms with Crippen molar-refractivity contribution in [3.8, 4) is 0 Å². The molecule has 210 valence electrons. The van der Waals surface area contributed by atoms with Crippen molar-refractivity contribution >= 4 is 5.78 Å². The van der Waals surface area contributed by atoms with E-state index in [2.05, 4.69) is 0 Å². The Balaban J connectivity index is 2.32. The van der Waals surface area contributed by atoms with E-state index in [1.54, 1.807) is 19.9 Å². The van der Waals surface area contributed by atoms with Crippen LogP contribution in [0.25, 0.3) is 0 Å². The van der Waals surface area contributed by atoms with Crippen LogP contribution < -0.4 is 5.73 Å². The van der Waals surface area contributed by atoms with Gasteiger partial charge in [0, 0.05) is 25.7 Å². The molecule has 2 rings (SSSR count). The van der Waals surface area contributed by atoms with Crippen LogP contribution in [-0.4, -0.2) is 92.2 Å². The van der Waals surface area contributed by atoms with E-state index in [0.29, 0.717) is 0 Å². The van der Waals surface area contributed by atoms with E-state index in [4.69, 9.17) is 19.9 Å². The second kappa shape index (κ2) is 13.2. The summed E-state index contributed by atoms with van der Waals surface area (Å²) in [5.74, 6) is -2.91. The van der Waals surface area contributed by atoms with Crippen LogP contribution in [0.2, 0.25) is 0 Å². The molecule has 0 aromatic rings. The van der Waals surface area contributed by atoms with E-state index in [9.17, 15) is 30.3 Å². The molecule has 6 unspecified atom stereocenters. The van der Waals surface area contributed by atoms with Gasteiger partial charge in [-0.1, -0.05) is 46.8 Å². The van der Waals surface area contributed by atoms with Crippen molar-refractivity contribution in [3.05, 3.63) is 12.2 Å². The summed E-state index contributed by atoms with van der Waals surface area (Å²) in [6.45, 7) is 10.9. The van der Waals surface area contributed by atoms with Gasteiger partial charge in [0.2, 0.25) is 0 Å². The van der Waals surface area contributed by atoms with Crippen molar-refractivity contribution < 1.29 is 44.5 Å². The van der Waals surface area contributed by atoms with Crippen molar-refractivity contribution in [2.45, 2.75) is 128 Å². The average molecular weight is 518 g/mol.